The lowest BCUT2D eigenvalue weighted by atomic mass is 10.2. The summed E-state index contributed by atoms with van der Waals surface area (Å²) >= 11 is 0. The number of esters is 1. The smallest absolute Gasteiger partial charge is 0.338 e. The van der Waals surface area contributed by atoms with Gasteiger partial charge in [-0.2, -0.15) is 0 Å². The molecule has 168 valence electrons. The maximum absolute atomic E-state index is 12.4. The first-order valence-electron chi connectivity index (χ1n) is 10.7. The molecule has 0 heterocycles. The molecular weight excluding hydrogens is 420 g/mol. The van der Waals surface area contributed by atoms with Gasteiger partial charge in [0.1, 0.15) is 12.4 Å². The monoisotopic (exact) mass is 444 g/mol. The van der Waals surface area contributed by atoms with Crippen molar-refractivity contribution < 1.29 is 23.9 Å². The molecule has 3 aromatic rings. The van der Waals surface area contributed by atoms with E-state index in [1.54, 1.807) is 48.5 Å². The number of benzene rings is 3. The molecule has 0 atom stereocenters. The van der Waals surface area contributed by atoms with E-state index in [-0.39, 0.29) is 17.5 Å². The lowest BCUT2D eigenvalue weighted by Crippen LogP contribution is -2.25. The van der Waals surface area contributed by atoms with Crippen LogP contribution in [0.2, 0.25) is 0 Å². The summed E-state index contributed by atoms with van der Waals surface area (Å²) in [5.41, 5.74) is 2.21. The van der Waals surface area contributed by atoms with Crippen molar-refractivity contribution in [1.29, 1.82) is 0 Å². The summed E-state index contributed by atoms with van der Waals surface area (Å²) < 4.78 is 10.9. The van der Waals surface area contributed by atoms with Crippen molar-refractivity contribution in [2.24, 2.45) is 0 Å². The predicted molar refractivity (Wildman–Crippen MR) is 123 cm³/mol. The lowest BCUT2D eigenvalue weighted by Gasteiger charge is -2.10. The van der Waals surface area contributed by atoms with Gasteiger partial charge in [-0.1, -0.05) is 42.5 Å². The molecule has 0 bridgehead atoms. The van der Waals surface area contributed by atoms with Gasteiger partial charge in [-0.15, -0.1) is 0 Å². The molecule has 2 amide bonds. The Kier molecular flexibility index (Phi) is 6.99. The Labute approximate surface area is 191 Å². The van der Waals surface area contributed by atoms with E-state index < -0.39 is 18.5 Å². The first-order chi connectivity index (χ1) is 16.1. The molecule has 2 N–H and O–H groups in total. The maximum atomic E-state index is 12.4. The molecule has 1 fully saturated rings. The standard InChI is InChI=1S/C26H24N2O5/c29-24(27-22-10-4-8-19(14-22)25(30)28-21-12-13-21)17-33-26(31)20-9-5-11-23(15-20)32-16-18-6-2-1-3-7-18/h1-11,14-15,21H,12-13,16-17H2,(H,27,29)(H,28,30). The first kappa shape index (κ1) is 22.1. The molecule has 7 nitrogen and oxygen atoms in total. The molecule has 0 aromatic heterocycles. The van der Waals surface area contributed by atoms with Crippen LogP contribution in [0.15, 0.2) is 78.9 Å². The maximum Gasteiger partial charge on any atom is 0.338 e. The van der Waals surface area contributed by atoms with Crippen molar-refractivity contribution in [2.75, 3.05) is 11.9 Å². The average molecular weight is 444 g/mol. The van der Waals surface area contributed by atoms with E-state index in [1.807, 2.05) is 30.3 Å². The molecule has 0 spiro atoms. The second-order valence-electron chi connectivity index (χ2n) is 7.75. The van der Waals surface area contributed by atoms with E-state index >= 15 is 0 Å². The molecule has 1 saturated carbocycles. The van der Waals surface area contributed by atoms with Crippen LogP contribution in [0.3, 0.4) is 0 Å². The highest BCUT2D eigenvalue weighted by Gasteiger charge is 2.23. The van der Waals surface area contributed by atoms with Gasteiger partial charge >= 0.3 is 5.97 Å². The second-order valence-corrected chi connectivity index (χ2v) is 7.75. The molecule has 33 heavy (non-hydrogen) atoms. The van der Waals surface area contributed by atoms with E-state index in [2.05, 4.69) is 10.6 Å². The number of nitrogens with one attached hydrogen (secondary N) is 2. The molecule has 1 aliphatic rings. The van der Waals surface area contributed by atoms with Crippen LogP contribution < -0.4 is 15.4 Å². The van der Waals surface area contributed by atoms with Crippen molar-refractivity contribution in [3.8, 4) is 5.75 Å². The normalized spacial score (nSPS) is 12.5. The number of carbonyl (C=O) groups is 3. The third-order valence-electron chi connectivity index (χ3n) is 4.97. The van der Waals surface area contributed by atoms with Gasteiger partial charge in [0.05, 0.1) is 5.56 Å². The number of amides is 2. The first-order valence-corrected chi connectivity index (χ1v) is 10.7. The summed E-state index contributed by atoms with van der Waals surface area (Å²) in [7, 11) is 0. The molecule has 7 heteroatoms. The highest BCUT2D eigenvalue weighted by Crippen LogP contribution is 2.20. The van der Waals surface area contributed by atoms with Gasteiger partial charge in [-0.05, 0) is 54.8 Å². The Hall–Kier alpha value is -4.13. The minimum atomic E-state index is -0.632. The van der Waals surface area contributed by atoms with Gasteiger partial charge in [-0.3, -0.25) is 9.59 Å². The fraction of sp³-hybridized carbons (Fsp3) is 0.192. The zero-order chi connectivity index (χ0) is 23.0. The Morgan fingerprint density at radius 2 is 1.61 bits per heavy atom. The zero-order valence-corrected chi connectivity index (χ0v) is 18.0. The van der Waals surface area contributed by atoms with Gasteiger partial charge in [0.15, 0.2) is 6.61 Å². The molecule has 0 aliphatic heterocycles. The number of anilines is 1. The Bertz CT molecular complexity index is 1140. The van der Waals surface area contributed by atoms with Crippen molar-refractivity contribution in [1.82, 2.24) is 5.32 Å². The van der Waals surface area contributed by atoms with Crippen LogP contribution in [0.5, 0.6) is 5.75 Å². The number of ether oxygens (including phenoxy) is 2. The van der Waals surface area contributed by atoms with E-state index in [0.29, 0.717) is 23.6 Å². The zero-order valence-electron chi connectivity index (χ0n) is 18.0. The molecule has 0 radical (unpaired) electrons. The summed E-state index contributed by atoms with van der Waals surface area (Å²) in [6.45, 7) is -0.0775. The van der Waals surface area contributed by atoms with Crippen LogP contribution in [0.1, 0.15) is 39.1 Å². The van der Waals surface area contributed by atoms with Gasteiger partial charge < -0.3 is 20.1 Å². The van der Waals surface area contributed by atoms with Crippen LogP contribution >= 0.6 is 0 Å². The minimum absolute atomic E-state index is 0.172. The number of hydrogen-bond donors (Lipinski definition) is 2. The van der Waals surface area contributed by atoms with E-state index in [0.717, 1.165) is 18.4 Å². The van der Waals surface area contributed by atoms with Crippen LogP contribution in [-0.4, -0.2) is 30.4 Å². The quantitative estimate of drug-likeness (QED) is 0.488. The van der Waals surface area contributed by atoms with Crippen LogP contribution in [-0.2, 0) is 16.1 Å². The third-order valence-corrected chi connectivity index (χ3v) is 4.97. The highest BCUT2D eigenvalue weighted by atomic mass is 16.5. The van der Waals surface area contributed by atoms with Gasteiger partial charge in [0.2, 0.25) is 0 Å². The van der Waals surface area contributed by atoms with E-state index in [1.165, 1.54) is 0 Å². The van der Waals surface area contributed by atoms with Gasteiger partial charge in [-0.25, -0.2) is 4.79 Å². The molecule has 0 unspecified atom stereocenters. The van der Waals surface area contributed by atoms with E-state index in [9.17, 15) is 14.4 Å². The third kappa shape index (κ3) is 6.67. The SMILES string of the molecule is O=C(COC(=O)c1cccc(OCc2ccccc2)c1)Nc1cccc(C(=O)NC2CC2)c1. The molecule has 4 rings (SSSR count). The predicted octanol–water partition coefficient (Wildman–Crippen LogP) is 3.95. The van der Waals surface area contributed by atoms with Crippen molar-refractivity contribution in [2.45, 2.75) is 25.5 Å². The summed E-state index contributed by atoms with van der Waals surface area (Å²) in [5, 5.41) is 5.54. The van der Waals surface area contributed by atoms with Crippen molar-refractivity contribution >= 4 is 23.5 Å². The highest BCUT2D eigenvalue weighted by molar-refractivity contribution is 5.98. The van der Waals surface area contributed by atoms with Gasteiger partial charge in [0.25, 0.3) is 11.8 Å². The largest absolute Gasteiger partial charge is 0.489 e. The number of hydrogen-bond acceptors (Lipinski definition) is 5. The van der Waals surface area contributed by atoms with Gasteiger partial charge in [0, 0.05) is 17.3 Å². The number of rotatable bonds is 9. The topological polar surface area (TPSA) is 93.7 Å². The number of carbonyl (C=O) groups excluding carboxylic acids is 3. The summed E-state index contributed by atoms with van der Waals surface area (Å²) in [5.74, 6) is -0.777. The Morgan fingerprint density at radius 1 is 0.848 bits per heavy atom. The summed E-state index contributed by atoms with van der Waals surface area (Å²) in [4.78, 5) is 36.8. The Balaban J connectivity index is 1.27. The average Bonchev–Trinajstić information content (AvgIpc) is 3.66. The van der Waals surface area contributed by atoms with Crippen LogP contribution in [0, 0.1) is 0 Å². The fourth-order valence-corrected chi connectivity index (χ4v) is 3.10. The minimum Gasteiger partial charge on any atom is -0.489 e. The van der Waals surface area contributed by atoms with Crippen molar-refractivity contribution in [3.05, 3.63) is 95.6 Å². The van der Waals surface area contributed by atoms with Crippen LogP contribution in [0.4, 0.5) is 5.69 Å². The van der Waals surface area contributed by atoms with E-state index in [4.69, 9.17) is 9.47 Å². The summed E-state index contributed by atoms with van der Waals surface area (Å²) in [6, 6.07) is 23.2. The Morgan fingerprint density at radius 3 is 2.39 bits per heavy atom. The van der Waals surface area contributed by atoms with Crippen LogP contribution in [0.25, 0.3) is 0 Å². The van der Waals surface area contributed by atoms with Crippen molar-refractivity contribution in [3.63, 3.8) is 0 Å². The lowest BCUT2D eigenvalue weighted by molar-refractivity contribution is -0.119. The molecular formula is C26H24N2O5. The molecule has 0 saturated heterocycles. The molecule has 1 aliphatic carbocycles. The second kappa shape index (κ2) is 10.5. The fourth-order valence-electron chi connectivity index (χ4n) is 3.10. The summed E-state index contributed by atoms with van der Waals surface area (Å²) in [6.07, 6.45) is 1.99. The molecule has 3 aromatic carbocycles.